The van der Waals surface area contributed by atoms with Crippen LogP contribution in [-0.4, -0.2) is 22.7 Å². The molecule has 162 valence electrons. The molecule has 0 aliphatic carbocycles. The van der Waals surface area contributed by atoms with Crippen LogP contribution in [-0.2, 0) is 10.0 Å². The average molecular weight is 466 g/mol. The number of aromatic nitrogens is 2. The van der Waals surface area contributed by atoms with Gasteiger partial charge in [0.2, 0.25) is 0 Å². The van der Waals surface area contributed by atoms with Gasteiger partial charge >= 0.3 is 5.69 Å². The highest BCUT2D eigenvalue weighted by molar-refractivity contribution is 8.02. The number of sulfonamides is 1. The van der Waals surface area contributed by atoms with Crippen molar-refractivity contribution in [3.63, 3.8) is 0 Å². The quantitative estimate of drug-likeness (QED) is 0.489. The topological polar surface area (TPSA) is 81.1 Å². The number of benzene rings is 1. The number of hydrogen-bond acceptors (Lipinski definition) is 6. The molecule has 0 aromatic heterocycles. The van der Waals surface area contributed by atoms with Gasteiger partial charge in [-0.05, 0) is 39.3 Å². The molecule has 0 saturated heterocycles. The highest BCUT2D eigenvalue weighted by Crippen LogP contribution is 2.45. The van der Waals surface area contributed by atoms with Gasteiger partial charge in [0.1, 0.15) is 5.69 Å². The first-order chi connectivity index (χ1) is 13.9. The molecular weight excluding hydrogens is 438 g/mol. The van der Waals surface area contributed by atoms with Crippen molar-refractivity contribution in [2.75, 3.05) is 4.72 Å². The molecule has 2 aliphatic heterocycles. The minimum absolute atomic E-state index is 0.0616. The zero-order chi connectivity index (χ0) is 22.3. The lowest BCUT2D eigenvalue weighted by Crippen LogP contribution is -2.19. The zero-order valence-corrected chi connectivity index (χ0v) is 20.5. The molecule has 1 N–H and O–H groups in total. The van der Waals surface area contributed by atoms with E-state index in [1.54, 1.807) is 47.4 Å². The van der Waals surface area contributed by atoms with Gasteiger partial charge in [0.15, 0.2) is 5.82 Å². The Morgan fingerprint density at radius 2 is 1.80 bits per heavy atom. The van der Waals surface area contributed by atoms with E-state index in [1.807, 2.05) is 20.8 Å². The Morgan fingerprint density at radius 1 is 1.17 bits per heavy atom. The summed E-state index contributed by atoms with van der Waals surface area (Å²) in [6.07, 6.45) is 2.02. The lowest BCUT2D eigenvalue weighted by molar-refractivity contribution is 0.601. The molecule has 0 bridgehead atoms. The minimum Gasteiger partial charge on any atom is -0.261 e. The molecule has 0 radical (unpaired) electrons. The number of rotatable bonds is 7. The van der Waals surface area contributed by atoms with Gasteiger partial charge in [-0.3, -0.25) is 9.29 Å². The number of thioether (sulfide) groups is 1. The molecule has 0 fully saturated rings. The number of aryl methyl sites for hydroxylation is 2. The monoisotopic (exact) mass is 465 g/mol. The highest BCUT2D eigenvalue weighted by Gasteiger charge is 2.29. The van der Waals surface area contributed by atoms with Gasteiger partial charge in [0.05, 0.1) is 9.10 Å². The Bertz CT molecular complexity index is 1190. The van der Waals surface area contributed by atoms with Crippen LogP contribution in [0.15, 0.2) is 38.2 Å². The number of anilines is 1. The minimum atomic E-state index is -3.87. The number of nitrogens with one attached hydrogen (secondary N) is 1. The van der Waals surface area contributed by atoms with E-state index in [1.165, 1.54) is 4.57 Å². The fraction of sp³-hybridized carbons (Fsp3) is 0.429. The molecule has 1 aromatic carbocycles. The molecule has 1 aromatic rings. The second-order valence-corrected chi connectivity index (χ2v) is 12.9. The molecular formula is C21H27N3O3S3. The molecule has 0 atom stereocenters. The summed E-state index contributed by atoms with van der Waals surface area (Å²) in [5.41, 5.74) is 1.78. The summed E-state index contributed by atoms with van der Waals surface area (Å²) in [6.45, 7) is 12.2. The van der Waals surface area contributed by atoms with E-state index < -0.39 is 15.7 Å². The Morgan fingerprint density at radius 3 is 2.40 bits per heavy atom. The predicted molar refractivity (Wildman–Crippen MR) is 125 cm³/mol. The van der Waals surface area contributed by atoms with Crippen molar-refractivity contribution >= 4 is 38.9 Å². The first kappa shape index (κ1) is 22.8. The average Bonchev–Trinajstić information content (AvgIpc) is 2.95. The van der Waals surface area contributed by atoms with Crippen molar-refractivity contribution in [3.8, 4) is 5.69 Å². The van der Waals surface area contributed by atoms with E-state index in [-0.39, 0.29) is 15.5 Å². The van der Waals surface area contributed by atoms with Gasteiger partial charge in [0.25, 0.3) is 10.0 Å². The summed E-state index contributed by atoms with van der Waals surface area (Å²) >= 11 is 3.22. The molecule has 6 nitrogen and oxygen atoms in total. The van der Waals surface area contributed by atoms with Crippen LogP contribution in [0.2, 0.25) is 0 Å². The standard InChI is InChI=1S/C21H27N3O3S3/c1-7-12-21(5,6)29-19-17-18(22-20(25)24(17)14(3)15(4)28-19)23-30(26,27)16-10-8-13(2)9-11-16/h8-11H,7,12H2,1-6H3,(H,22,23,25). The number of hydrogen-bond donors (Lipinski definition) is 1. The van der Waals surface area contributed by atoms with Crippen LogP contribution in [0.25, 0.3) is 5.69 Å². The maximum atomic E-state index is 13.0. The van der Waals surface area contributed by atoms with Crippen molar-refractivity contribution in [2.45, 2.75) is 68.2 Å². The first-order valence-corrected chi connectivity index (χ1v) is 12.9. The van der Waals surface area contributed by atoms with Crippen molar-refractivity contribution in [1.82, 2.24) is 9.55 Å². The van der Waals surface area contributed by atoms with Gasteiger partial charge in [-0.25, -0.2) is 13.2 Å². The Kier molecular flexibility index (Phi) is 6.36. The molecule has 0 amide bonds. The fourth-order valence-electron chi connectivity index (χ4n) is 3.27. The van der Waals surface area contributed by atoms with E-state index >= 15 is 0 Å². The largest absolute Gasteiger partial charge is 0.354 e. The van der Waals surface area contributed by atoms with Crippen LogP contribution in [0.3, 0.4) is 0 Å². The van der Waals surface area contributed by atoms with Gasteiger partial charge in [-0.15, -0.1) is 23.1 Å². The van der Waals surface area contributed by atoms with E-state index in [0.29, 0.717) is 5.69 Å². The Hall–Kier alpha value is -1.84. The third kappa shape index (κ3) is 4.58. The van der Waals surface area contributed by atoms with Gasteiger partial charge < -0.3 is 0 Å². The third-order valence-electron chi connectivity index (χ3n) is 4.91. The summed E-state index contributed by atoms with van der Waals surface area (Å²) in [6, 6.07) is 6.57. The lowest BCUT2D eigenvalue weighted by Gasteiger charge is -2.25. The van der Waals surface area contributed by atoms with Gasteiger partial charge in [-0.2, -0.15) is 4.98 Å². The smallest absolute Gasteiger partial charge is 0.261 e. The van der Waals surface area contributed by atoms with Crippen molar-refractivity contribution < 1.29 is 8.42 Å². The zero-order valence-electron chi connectivity index (χ0n) is 18.1. The summed E-state index contributed by atoms with van der Waals surface area (Å²) < 4.78 is 30.8. The molecule has 0 saturated carbocycles. The summed E-state index contributed by atoms with van der Waals surface area (Å²) in [4.78, 5) is 17.9. The van der Waals surface area contributed by atoms with Crippen molar-refractivity contribution in [3.05, 3.63) is 50.9 Å². The molecule has 0 unspecified atom stereocenters. The molecule has 9 heteroatoms. The summed E-state index contributed by atoms with van der Waals surface area (Å²) in [5.74, 6) is 0.0784. The maximum Gasteiger partial charge on any atom is 0.354 e. The SMILES string of the molecule is CCCC(C)(C)Sc1sc(C)c(C)n2c(=O)nc(NS(=O)(=O)c3ccc(C)cc3)c1-2. The molecule has 3 rings (SSSR count). The van der Waals surface area contributed by atoms with Gasteiger partial charge in [-0.1, -0.05) is 44.9 Å². The third-order valence-corrected chi connectivity index (χ3v) is 8.88. The molecule has 0 spiro atoms. The summed E-state index contributed by atoms with van der Waals surface area (Å²) in [7, 11) is -3.87. The van der Waals surface area contributed by atoms with E-state index in [9.17, 15) is 13.2 Å². The van der Waals surface area contributed by atoms with Crippen LogP contribution in [0, 0.1) is 20.8 Å². The van der Waals surface area contributed by atoms with Crippen LogP contribution in [0.1, 0.15) is 49.7 Å². The number of fused-ring (bicyclic) bond motifs is 1. The number of imidazole rings is 1. The van der Waals surface area contributed by atoms with Gasteiger partial charge in [0, 0.05) is 15.3 Å². The normalized spacial score (nSPS) is 12.5. The van der Waals surface area contributed by atoms with Crippen LogP contribution < -0.4 is 10.4 Å². The highest BCUT2D eigenvalue weighted by atomic mass is 32.2. The van der Waals surface area contributed by atoms with Crippen molar-refractivity contribution in [1.29, 1.82) is 0 Å². The van der Waals surface area contributed by atoms with Crippen LogP contribution in [0.5, 0.6) is 0 Å². The van der Waals surface area contributed by atoms with Crippen molar-refractivity contribution in [2.24, 2.45) is 0 Å². The predicted octanol–water partition coefficient (Wildman–Crippen LogP) is 5.13. The second kappa shape index (κ2) is 8.36. The van der Waals surface area contributed by atoms with E-state index in [2.05, 4.69) is 30.5 Å². The maximum absolute atomic E-state index is 13.0. The molecule has 30 heavy (non-hydrogen) atoms. The lowest BCUT2D eigenvalue weighted by atomic mass is 10.1. The fourth-order valence-corrected chi connectivity index (χ4v) is 7.39. The molecule has 2 aliphatic rings. The van der Waals surface area contributed by atoms with E-state index in [0.717, 1.165) is 33.2 Å². The molecule has 2 heterocycles. The second-order valence-electron chi connectivity index (χ2n) is 7.99. The number of nitrogens with zero attached hydrogens (tertiary/aromatic N) is 2. The Balaban J connectivity index is 2.14. The summed E-state index contributed by atoms with van der Waals surface area (Å²) in [5, 5.41) is 0. The van der Waals surface area contributed by atoms with Crippen LogP contribution in [0.4, 0.5) is 5.82 Å². The van der Waals surface area contributed by atoms with E-state index in [4.69, 9.17) is 0 Å². The van der Waals surface area contributed by atoms with Crippen LogP contribution >= 0.6 is 23.1 Å². The first-order valence-electron chi connectivity index (χ1n) is 9.76. The Labute approximate surface area is 186 Å².